The number of nitrogens with zero attached hydrogens (tertiary/aromatic N) is 1. The number of carbonyl (C=O) groups excluding carboxylic acids is 11. The van der Waals surface area contributed by atoms with E-state index in [4.69, 9.17) is 43.6 Å². The molecule has 0 spiro atoms. The van der Waals surface area contributed by atoms with E-state index in [1.54, 1.807) is 34.8 Å². The number of primary amides is 1. The molecule has 29 nitrogen and oxygen atoms in total. The number of ether oxygens (including phenoxy) is 8. The molecule has 0 aliphatic carbocycles. The van der Waals surface area contributed by atoms with Crippen LogP contribution in [0.2, 0.25) is 0 Å². The molecule has 1 aliphatic heterocycles. The number of rotatable bonds is 59. The Morgan fingerprint density at radius 2 is 0.968 bits per heavy atom. The number of thioether (sulfide) groups is 1. The van der Waals surface area contributed by atoms with Crippen molar-refractivity contribution in [1.82, 2.24) is 47.4 Å². The van der Waals surface area contributed by atoms with E-state index in [-0.39, 0.29) is 194 Å². The molecule has 0 aromatic rings. The van der Waals surface area contributed by atoms with Gasteiger partial charge in [0.1, 0.15) is 18.1 Å². The number of nitrogens with one attached hydrogen (secondary N) is 8. The Kier molecular flexibility index (Phi) is 49.2. The summed E-state index contributed by atoms with van der Waals surface area (Å²) >= 11 is 1.53. The van der Waals surface area contributed by atoms with E-state index in [9.17, 15) is 52.7 Å². The van der Waals surface area contributed by atoms with Crippen LogP contribution in [0.5, 0.6) is 0 Å². The molecule has 1 heterocycles. The first kappa shape index (κ1) is 85.4. The Bertz CT molecular complexity index is 2180. The standard InChI is InChI=1S/C63H114N10O19S/c1-44(2)48-42-56(78)73(62(48)83)26-14-10-11-18-52(74)65-24-30-89-36-40-91-38-34-87-28-20-54(76)70-51(43-93-47(7)8)60(81)66-22-13-12-16-50(69-53(75)19-27-86-33-32-85-9)59(80)67-25-31-90-37-41-92-39-35-88-29-21-55(77)72-57(45(3)4)61(82)71-49(58(79)46(5)6)17-15-23-68-63(64)84/h44-51,57H,10-43H2,1-9H3,(H,65,74)(H,66,81)(H,67,80)(H,69,75)(H,70,76)(H,71,82)(H,72,77)(H3,64,68,84). The van der Waals surface area contributed by atoms with Crippen molar-refractivity contribution < 1.29 is 90.6 Å². The minimum atomic E-state index is -0.890. The molecule has 1 aliphatic rings. The number of hydrogen-bond donors (Lipinski definition) is 9. The number of amides is 11. The summed E-state index contributed by atoms with van der Waals surface area (Å²) in [7, 11) is 1.54. The number of ketones is 1. The van der Waals surface area contributed by atoms with Crippen molar-refractivity contribution in [2.75, 3.05) is 145 Å². The van der Waals surface area contributed by atoms with E-state index in [0.29, 0.717) is 90.4 Å². The van der Waals surface area contributed by atoms with Gasteiger partial charge in [0.15, 0.2) is 5.78 Å². The molecule has 1 rings (SSSR count). The van der Waals surface area contributed by atoms with Crippen LogP contribution in [0.3, 0.4) is 0 Å². The predicted molar refractivity (Wildman–Crippen MR) is 349 cm³/mol. The topological polar surface area (TPSA) is 387 Å². The first-order chi connectivity index (χ1) is 44.5. The molecule has 0 radical (unpaired) electrons. The molecule has 0 saturated carbocycles. The summed E-state index contributed by atoms with van der Waals surface area (Å²) in [4.78, 5) is 140. The van der Waals surface area contributed by atoms with Gasteiger partial charge in [-0.3, -0.25) is 52.8 Å². The molecule has 30 heteroatoms. The van der Waals surface area contributed by atoms with Crippen LogP contribution in [0.15, 0.2) is 0 Å². The van der Waals surface area contributed by atoms with Crippen molar-refractivity contribution in [3.63, 3.8) is 0 Å². The number of imide groups is 1. The highest BCUT2D eigenvalue weighted by molar-refractivity contribution is 7.99. The Balaban J connectivity index is 2.38. The molecule has 536 valence electrons. The van der Waals surface area contributed by atoms with Crippen molar-refractivity contribution in [2.45, 2.75) is 168 Å². The van der Waals surface area contributed by atoms with E-state index in [1.807, 2.05) is 27.7 Å². The van der Waals surface area contributed by atoms with Crippen LogP contribution in [-0.4, -0.2) is 244 Å². The molecule has 0 bridgehead atoms. The maximum absolute atomic E-state index is 13.3. The highest BCUT2D eigenvalue weighted by Crippen LogP contribution is 2.26. The normalized spacial score (nSPS) is 14.5. The van der Waals surface area contributed by atoms with E-state index >= 15 is 0 Å². The molecular formula is C63H114N10O19S. The van der Waals surface area contributed by atoms with Crippen LogP contribution in [0, 0.1) is 23.7 Å². The van der Waals surface area contributed by atoms with E-state index < -0.39 is 47.9 Å². The van der Waals surface area contributed by atoms with Crippen molar-refractivity contribution in [1.29, 1.82) is 0 Å². The minimum absolute atomic E-state index is 0.0138. The third kappa shape index (κ3) is 43.2. The second-order valence-electron chi connectivity index (χ2n) is 23.7. The lowest BCUT2D eigenvalue weighted by Gasteiger charge is -2.26. The van der Waals surface area contributed by atoms with E-state index in [2.05, 4.69) is 42.5 Å². The zero-order chi connectivity index (χ0) is 69.2. The zero-order valence-electron chi connectivity index (χ0n) is 56.9. The third-order valence-corrected chi connectivity index (χ3v) is 15.6. The van der Waals surface area contributed by atoms with Crippen molar-refractivity contribution in [3.8, 4) is 0 Å². The molecule has 5 atom stereocenters. The Morgan fingerprint density at radius 1 is 0.484 bits per heavy atom. The summed E-state index contributed by atoms with van der Waals surface area (Å²) in [6, 6.07) is -4.03. The fourth-order valence-electron chi connectivity index (χ4n) is 9.07. The molecule has 93 heavy (non-hydrogen) atoms. The largest absolute Gasteiger partial charge is 0.382 e. The van der Waals surface area contributed by atoms with Gasteiger partial charge in [-0.25, -0.2) is 4.79 Å². The smallest absolute Gasteiger partial charge is 0.312 e. The minimum Gasteiger partial charge on any atom is -0.382 e. The average Bonchev–Trinajstić information content (AvgIpc) is 1.73. The molecule has 10 N–H and O–H groups in total. The van der Waals surface area contributed by atoms with Gasteiger partial charge in [-0.1, -0.05) is 61.8 Å². The number of unbranched alkanes of at least 4 members (excludes halogenated alkanes) is 3. The van der Waals surface area contributed by atoms with Gasteiger partial charge in [0.05, 0.1) is 105 Å². The Morgan fingerprint density at radius 3 is 1.48 bits per heavy atom. The van der Waals surface area contributed by atoms with Crippen LogP contribution >= 0.6 is 11.8 Å². The lowest BCUT2D eigenvalue weighted by Crippen LogP contribution is -2.54. The van der Waals surface area contributed by atoms with Crippen LogP contribution in [0.25, 0.3) is 0 Å². The van der Waals surface area contributed by atoms with Gasteiger partial charge in [0, 0.05) is 89.5 Å². The fourth-order valence-corrected chi connectivity index (χ4v) is 9.88. The number of urea groups is 1. The van der Waals surface area contributed by atoms with Gasteiger partial charge < -0.3 is 86.2 Å². The van der Waals surface area contributed by atoms with Crippen molar-refractivity contribution >= 4 is 76.7 Å². The maximum atomic E-state index is 13.3. The fraction of sp³-hybridized carbons (Fsp3) is 0.825. The molecule has 0 aromatic heterocycles. The molecule has 5 unspecified atom stereocenters. The van der Waals surface area contributed by atoms with Gasteiger partial charge in [0.25, 0.3) is 0 Å². The van der Waals surface area contributed by atoms with Gasteiger partial charge in [-0.15, -0.1) is 0 Å². The second-order valence-corrected chi connectivity index (χ2v) is 25.3. The van der Waals surface area contributed by atoms with E-state index in [0.717, 1.165) is 6.42 Å². The van der Waals surface area contributed by atoms with Crippen molar-refractivity contribution in [3.05, 3.63) is 0 Å². The SMILES string of the molecule is COCCOCCC(=O)NC(CCCCNC(=O)C(CSC(C)C)NC(=O)CCOCCOCCOCCNC(=O)CCCCCN1C(=O)CC(C(C)C)C1=O)C(=O)NCCOCCOCCOCCC(=O)NC(C(=O)NC(CCCNC(N)=O)C(=O)C(C)C)C(C)C. The quantitative estimate of drug-likeness (QED) is 0.0307. The average molecular weight is 1350 g/mol. The number of hydrogen-bond acceptors (Lipinski definition) is 20. The molecular weight excluding hydrogens is 1230 g/mol. The summed E-state index contributed by atoms with van der Waals surface area (Å²) in [5, 5.41) is 22.3. The van der Waals surface area contributed by atoms with Crippen LogP contribution in [0.1, 0.15) is 139 Å². The lowest BCUT2D eigenvalue weighted by atomic mass is 9.94. The van der Waals surface area contributed by atoms with Gasteiger partial charge >= 0.3 is 6.03 Å². The van der Waals surface area contributed by atoms with Crippen LogP contribution in [-0.2, 0) is 85.8 Å². The predicted octanol–water partition coefficient (Wildman–Crippen LogP) is 1.44. The molecule has 11 amide bonds. The third-order valence-electron chi connectivity index (χ3n) is 14.4. The Hall–Kier alpha value is -5.60. The summed E-state index contributed by atoms with van der Waals surface area (Å²) < 4.78 is 43.8. The zero-order valence-corrected chi connectivity index (χ0v) is 57.7. The first-order valence-electron chi connectivity index (χ1n) is 33.0. The summed E-state index contributed by atoms with van der Waals surface area (Å²) in [5.41, 5.74) is 5.12. The highest BCUT2D eigenvalue weighted by atomic mass is 32.2. The molecule has 1 saturated heterocycles. The second kappa shape index (κ2) is 53.6. The summed E-state index contributed by atoms with van der Waals surface area (Å²) in [6.07, 6.45) is 4.68. The van der Waals surface area contributed by atoms with Gasteiger partial charge in [0.2, 0.25) is 53.2 Å². The van der Waals surface area contributed by atoms with Gasteiger partial charge in [-0.2, -0.15) is 11.8 Å². The monoisotopic (exact) mass is 1350 g/mol. The highest BCUT2D eigenvalue weighted by Gasteiger charge is 2.39. The van der Waals surface area contributed by atoms with E-state index in [1.165, 1.54) is 16.7 Å². The number of carbonyl (C=O) groups is 11. The lowest BCUT2D eigenvalue weighted by molar-refractivity contribution is -0.140. The number of Topliss-reactive ketones (excluding diaryl/α,β-unsaturated/α-hetero) is 1. The van der Waals surface area contributed by atoms with Crippen LogP contribution < -0.4 is 48.3 Å². The summed E-state index contributed by atoms with van der Waals surface area (Å²) in [6.45, 7) is 19.9. The summed E-state index contributed by atoms with van der Waals surface area (Å²) in [5.74, 6) is -3.16. The van der Waals surface area contributed by atoms with Crippen LogP contribution in [0.4, 0.5) is 4.79 Å². The number of nitrogens with two attached hydrogens (primary N) is 1. The number of methoxy groups -OCH3 is 1. The maximum Gasteiger partial charge on any atom is 0.312 e. The molecule has 0 aromatic carbocycles. The molecule has 1 fully saturated rings. The van der Waals surface area contributed by atoms with Crippen molar-refractivity contribution in [2.24, 2.45) is 29.4 Å². The Labute approximate surface area is 555 Å². The van der Waals surface area contributed by atoms with Gasteiger partial charge in [-0.05, 0) is 62.0 Å². The first-order valence-corrected chi connectivity index (χ1v) is 34.1. The number of likely N-dealkylation sites (tertiary alicyclic amines) is 1.